The van der Waals surface area contributed by atoms with E-state index in [0.29, 0.717) is 17.5 Å². The van der Waals surface area contributed by atoms with Gasteiger partial charge in [-0.25, -0.2) is 8.78 Å². The molecule has 28 heavy (non-hydrogen) atoms. The summed E-state index contributed by atoms with van der Waals surface area (Å²) in [4.78, 5) is 11.5. The van der Waals surface area contributed by atoms with E-state index in [1.807, 2.05) is 13.8 Å². The molecule has 0 aromatic heterocycles. The summed E-state index contributed by atoms with van der Waals surface area (Å²) in [6.07, 6.45) is -0.651. The highest BCUT2D eigenvalue weighted by Crippen LogP contribution is 2.41. The number of benzene rings is 2. The lowest BCUT2D eigenvalue weighted by Crippen LogP contribution is -2.43. The van der Waals surface area contributed by atoms with Gasteiger partial charge in [0.25, 0.3) is 5.91 Å². The highest BCUT2D eigenvalue weighted by molar-refractivity contribution is 5.97. The van der Waals surface area contributed by atoms with E-state index in [2.05, 4.69) is 10.6 Å². The van der Waals surface area contributed by atoms with Crippen molar-refractivity contribution in [3.63, 3.8) is 0 Å². The van der Waals surface area contributed by atoms with Gasteiger partial charge >= 0.3 is 0 Å². The lowest BCUT2D eigenvalue weighted by molar-refractivity contribution is -0.118. The van der Waals surface area contributed by atoms with E-state index in [9.17, 15) is 23.8 Å². The summed E-state index contributed by atoms with van der Waals surface area (Å²) in [5.41, 5.74) is 0.473. The molecule has 1 unspecified atom stereocenters. The van der Waals surface area contributed by atoms with Crippen LogP contribution in [0.3, 0.4) is 0 Å². The number of ether oxygens (including phenoxy) is 1. The van der Waals surface area contributed by atoms with Gasteiger partial charge in [-0.2, -0.15) is 0 Å². The number of fused-ring (bicyclic) bond motifs is 1. The lowest BCUT2D eigenvalue weighted by atomic mass is 9.94. The zero-order chi connectivity index (χ0) is 20.5. The SMILES string of the molecule is CC(C)(Cc1cc(F)cc(F)c1)NCC(O)c1ccc(O)c2c1OCC(=O)N2. The van der Waals surface area contributed by atoms with E-state index in [1.165, 1.54) is 24.3 Å². The highest BCUT2D eigenvalue weighted by Gasteiger charge is 2.27. The predicted molar refractivity (Wildman–Crippen MR) is 99.3 cm³/mol. The Bertz CT molecular complexity index is 882. The minimum atomic E-state index is -0.993. The number of β-amino-alcohol motifs (C(OH)–C–C–N with tert-alkyl or cyclic N) is 1. The standard InChI is InChI=1S/C20H22F2N2O4/c1-20(2,8-11-5-12(21)7-13(22)6-11)23-9-16(26)14-3-4-15(25)18-19(14)28-10-17(27)24-18/h3-7,16,23,25-26H,8-10H2,1-2H3,(H,24,27). The van der Waals surface area contributed by atoms with Crippen molar-refractivity contribution in [2.75, 3.05) is 18.5 Å². The van der Waals surface area contributed by atoms with Crippen LogP contribution in [0.4, 0.5) is 14.5 Å². The Morgan fingerprint density at radius 1 is 1.25 bits per heavy atom. The first-order valence-electron chi connectivity index (χ1n) is 8.81. The number of phenolic OH excluding ortho intramolecular Hbond substituents is 1. The third-order valence-corrected chi connectivity index (χ3v) is 4.48. The van der Waals surface area contributed by atoms with Crippen LogP contribution in [0.15, 0.2) is 30.3 Å². The second-order valence-electron chi connectivity index (χ2n) is 7.45. The number of amides is 1. The van der Waals surface area contributed by atoms with Gasteiger partial charge in [-0.3, -0.25) is 4.79 Å². The average Bonchev–Trinajstić information content (AvgIpc) is 2.59. The van der Waals surface area contributed by atoms with Gasteiger partial charge in [0.2, 0.25) is 0 Å². The molecule has 1 atom stereocenters. The molecule has 0 fully saturated rings. The number of hydrogen-bond donors (Lipinski definition) is 4. The highest BCUT2D eigenvalue weighted by atomic mass is 19.1. The molecule has 0 radical (unpaired) electrons. The number of aromatic hydroxyl groups is 1. The molecule has 2 aromatic rings. The van der Waals surface area contributed by atoms with Crippen LogP contribution in [-0.2, 0) is 11.2 Å². The van der Waals surface area contributed by atoms with Crippen molar-refractivity contribution >= 4 is 11.6 Å². The Hall–Kier alpha value is -2.71. The molecular formula is C20H22F2N2O4. The normalized spacial score (nSPS) is 14.8. The Balaban J connectivity index is 1.70. The third kappa shape index (κ3) is 4.58. The fourth-order valence-corrected chi connectivity index (χ4v) is 3.21. The summed E-state index contributed by atoms with van der Waals surface area (Å²) in [7, 11) is 0. The molecule has 3 rings (SSSR count). The van der Waals surface area contributed by atoms with Gasteiger partial charge in [-0.1, -0.05) is 0 Å². The number of phenols is 1. The number of nitrogens with one attached hydrogen (secondary N) is 2. The topological polar surface area (TPSA) is 90.8 Å². The maximum atomic E-state index is 13.4. The molecule has 4 N–H and O–H groups in total. The van der Waals surface area contributed by atoms with Crippen molar-refractivity contribution in [3.05, 3.63) is 53.1 Å². The van der Waals surface area contributed by atoms with Gasteiger partial charge in [0, 0.05) is 23.7 Å². The Morgan fingerprint density at radius 3 is 2.61 bits per heavy atom. The van der Waals surface area contributed by atoms with Crippen LogP contribution >= 0.6 is 0 Å². The zero-order valence-electron chi connectivity index (χ0n) is 15.6. The maximum absolute atomic E-state index is 13.4. The second kappa shape index (κ2) is 7.73. The van der Waals surface area contributed by atoms with Crippen LogP contribution in [0.2, 0.25) is 0 Å². The molecule has 0 saturated heterocycles. The van der Waals surface area contributed by atoms with Crippen LogP contribution in [0.5, 0.6) is 11.5 Å². The van der Waals surface area contributed by atoms with E-state index in [0.717, 1.165) is 6.07 Å². The first-order chi connectivity index (χ1) is 13.1. The number of halogens is 2. The lowest BCUT2D eigenvalue weighted by Gasteiger charge is -2.29. The number of anilines is 1. The quantitative estimate of drug-likeness (QED) is 0.568. The van der Waals surface area contributed by atoms with Crippen molar-refractivity contribution in [1.29, 1.82) is 0 Å². The van der Waals surface area contributed by atoms with Crippen molar-refractivity contribution in [1.82, 2.24) is 5.32 Å². The molecule has 6 nitrogen and oxygen atoms in total. The van der Waals surface area contributed by atoms with E-state index in [-0.39, 0.29) is 30.3 Å². The van der Waals surface area contributed by atoms with Crippen LogP contribution < -0.4 is 15.4 Å². The first kappa shape index (κ1) is 20.0. The van der Waals surface area contributed by atoms with Gasteiger partial charge in [0.1, 0.15) is 23.1 Å². The fraction of sp³-hybridized carbons (Fsp3) is 0.350. The van der Waals surface area contributed by atoms with Gasteiger partial charge in [0.15, 0.2) is 12.4 Å². The molecule has 1 heterocycles. The fourth-order valence-electron chi connectivity index (χ4n) is 3.21. The summed E-state index contributed by atoms with van der Waals surface area (Å²) in [6, 6.07) is 6.26. The number of carbonyl (C=O) groups excluding carboxylic acids is 1. The van der Waals surface area contributed by atoms with E-state index in [4.69, 9.17) is 4.74 Å². The monoisotopic (exact) mass is 392 g/mol. The minimum Gasteiger partial charge on any atom is -0.506 e. The number of hydrogen-bond acceptors (Lipinski definition) is 5. The van der Waals surface area contributed by atoms with E-state index >= 15 is 0 Å². The average molecular weight is 392 g/mol. The number of aliphatic hydroxyl groups is 1. The Kier molecular flexibility index (Phi) is 5.53. The van der Waals surface area contributed by atoms with Crippen LogP contribution in [0.1, 0.15) is 31.1 Å². The van der Waals surface area contributed by atoms with Crippen LogP contribution in [-0.4, -0.2) is 34.8 Å². The largest absolute Gasteiger partial charge is 0.506 e. The molecule has 0 spiro atoms. The smallest absolute Gasteiger partial charge is 0.262 e. The molecule has 0 bridgehead atoms. The third-order valence-electron chi connectivity index (χ3n) is 4.48. The second-order valence-corrected chi connectivity index (χ2v) is 7.45. The van der Waals surface area contributed by atoms with E-state index in [1.54, 1.807) is 0 Å². The zero-order valence-corrected chi connectivity index (χ0v) is 15.6. The Morgan fingerprint density at radius 2 is 1.93 bits per heavy atom. The molecular weight excluding hydrogens is 370 g/mol. The summed E-state index contributed by atoms with van der Waals surface area (Å²) < 4.78 is 32.2. The van der Waals surface area contributed by atoms with Crippen molar-refractivity contribution in [3.8, 4) is 11.5 Å². The molecule has 1 amide bonds. The molecule has 0 saturated carbocycles. The number of rotatable bonds is 6. The summed E-state index contributed by atoms with van der Waals surface area (Å²) in [5.74, 6) is -1.60. The summed E-state index contributed by atoms with van der Waals surface area (Å²) in [5, 5.41) is 26.2. The molecule has 150 valence electrons. The van der Waals surface area contributed by atoms with Crippen molar-refractivity contribution in [2.24, 2.45) is 0 Å². The molecule has 1 aliphatic rings. The maximum Gasteiger partial charge on any atom is 0.262 e. The first-order valence-corrected chi connectivity index (χ1v) is 8.81. The summed E-state index contributed by atoms with van der Waals surface area (Å²) in [6.45, 7) is 3.62. The van der Waals surface area contributed by atoms with Crippen molar-refractivity contribution < 1.29 is 28.5 Å². The summed E-state index contributed by atoms with van der Waals surface area (Å²) >= 11 is 0. The molecule has 1 aliphatic heterocycles. The van der Waals surface area contributed by atoms with Crippen LogP contribution in [0, 0.1) is 11.6 Å². The van der Waals surface area contributed by atoms with Gasteiger partial charge in [-0.05, 0) is 50.1 Å². The Labute approximate surface area is 161 Å². The molecule has 2 aromatic carbocycles. The number of carbonyl (C=O) groups is 1. The number of aliphatic hydroxyl groups excluding tert-OH is 1. The molecule has 8 heteroatoms. The molecule has 0 aliphatic carbocycles. The van der Waals surface area contributed by atoms with E-state index < -0.39 is 29.2 Å². The predicted octanol–water partition coefficient (Wildman–Crippen LogP) is 2.65. The van der Waals surface area contributed by atoms with Gasteiger partial charge in [0.05, 0.1) is 6.10 Å². The van der Waals surface area contributed by atoms with Gasteiger partial charge < -0.3 is 25.6 Å². The van der Waals surface area contributed by atoms with Crippen molar-refractivity contribution in [2.45, 2.75) is 31.9 Å². The minimum absolute atomic E-state index is 0.124. The van der Waals surface area contributed by atoms with Gasteiger partial charge in [-0.15, -0.1) is 0 Å². The van der Waals surface area contributed by atoms with Crippen LogP contribution in [0.25, 0.3) is 0 Å².